The van der Waals surface area contributed by atoms with E-state index in [4.69, 9.17) is 0 Å². The fraction of sp³-hybridized carbons (Fsp3) is 0.625. The highest BCUT2D eigenvalue weighted by Crippen LogP contribution is 2.27. The van der Waals surface area contributed by atoms with Gasteiger partial charge in [0.2, 0.25) is 0 Å². The number of benzene rings is 1. The Morgan fingerprint density at radius 3 is 2.12 bits per heavy atom. The lowest BCUT2D eigenvalue weighted by Crippen LogP contribution is -2.27. The van der Waals surface area contributed by atoms with Gasteiger partial charge in [0.1, 0.15) is 0 Å². The molecule has 1 heteroatoms. The lowest BCUT2D eigenvalue weighted by Gasteiger charge is -2.25. The summed E-state index contributed by atoms with van der Waals surface area (Å²) in [4.78, 5) is 0. The predicted octanol–water partition coefficient (Wildman–Crippen LogP) is 4.31. The number of nitrogens with one attached hydrogen (secondary N) is 1. The number of aryl methyl sites for hydroxylation is 3. The molecule has 1 rings (SSSR count). The second-order valence-electron chi connectivity index (χ2n) is 5.47. The minimum Gasteiger partial charge on any atom is -0.310 e. The minimum atomic E-state index is 0.481. The van der Waals surface area contributed by atoms with E-state index >= 15 is 0 Å². The van der Waals surface area contributed by atoms with Crippen molar-refractivity contribution in [1.29, 1.82) is 0 Å². The third-order valence-electron chi connectivity index (χ3n) is 3.50. The van der Waals surface area contributed by atoms with E-state index in [9.17, 15) is 0 Å². The van der Waals surface area contributed by atoms with E-state index in [0.29, 0.717) is 12.0 Å². The lowest BCUT2D eigenvalue weighted by atomic mass is 9.90. The van der Waals surface area contributed by atoms with Gasteiger partial charge in [0, 0.05) is 6.04 Å². The van der Waals surface area contributed by atoms with Gasteiger partial charge in [0.05, 0.1) is 0 Å². The first-order valence-electron chi connectivity index (χ1n) is 6.78. The number of rotatable bonds is 5. The van der Waals surface area contributed by atoms with Gasteiger partial charge in [-0.1, -0.05) is 32.9 Å². The fourth-order valence-corrected chi connectivity index (χ4v) is 2.32. The molecular formula is C16H27N. The SMILES string of the molecule is CCCNC(c1cc(C)c(C)cc1C)C(C)C. The molecule has 0 amide bonds. The summed E-state index contributed by atoms with van der Waals surface area (Å²) in [5.41, 5.74) is 5.67. The Bertz CT molecular complexity index is 366. The first kappa shape index (κ1) is 14.2. The van der Waals surface area contributed by atoms with Crippen LogP contribution in [0.1, 0.15) is 55.5 Å². The Kier molecular flexibility index (Phi) is 5.20. The molecule has 0 aliphatic carbocycles. The maximum absolute atomic E-state index is 3.67. The summed E-state index contributed by atoms with van der Waals surface area (Å²) in [6, 6.07) is 5.15. The van der Waals surface area contributed by atoms with Gasteiger partial charge in [-0.05, 0) is 61.9 Å². The molecule has 0 saturated carbocycles. The molecule has 17 heavy (non-hydrogen) atoms. The average molecular weight is 233 g/mol. The maximum atomic E-state index is 3.67. The predicted molar refractivity (Wildman–Crippen MR) is 76.5 cm³/mol. The van der Waals surface area contributed by atoms with Crippen molar-refractivity contribution < 1.29 is 0 Å². The smallest absolute Gasteiger partial charge is 0.0346 e. The summed E-state index contributed by atoms with van der Waals surface area (Å²) in [5.74, 6) is 0.627. The molecule has 1 N–H and O–H groups in total. The largest absolute Gasteiger partial charge is 0.310 e. The third-order valence-corrected chi connectivity index (χ3v) is 3.50. The Hall–Kier alpha value is -0.820. The number of hydrogen-bond acceptors (Lipinski definition) is 1. The molecule has 0 aliphatic heterocycles. The second-order valence-corrected chi connectivity index (χ2v) is 5.47. The number of hydrogen-bond donors (Lipinski definition) is 1. The van der Waals surface area contributed by atoms with E-state index in [1.807, 2.05) is 0 Å². The maximum Gasteiger partial charge on any atom is 0.0346 e. The van der Waals surface area contributed by atoms with Crippen LogP contribution in [0.15, 0.2) is 12.1 Å². The van der Waals surface area contributed by atoms with Gasteiger partial charge in [0.25, 0.3) is 0 Å². The molecular weight excluding hydrogens is 206 g/mol. The molecule has 0 aromatic heterocycles. The van der Waals surface area contributed by atoms with Gasteiger partial charge in [-0.3, -0.25) is 0 Å². The Labute approximate surface area is 107 Å². The first-order chi connectivity index (χ1) is 7.97. The van der Waals surface area contributed by atoms with Crippen molar-refractivity contribution in [2.75, 3.05) is 6.54 Å². The van der Waals surface area contributed by atoms with E-state index < -0.39 is 0 Å². The third kappa shape index (κ3) is 3.57. The van der Waals surface area contributed by atoms with Crippen LogP contribution in [0.3, 0.4) is 0 Å². The zero-order chi connectivity index (χ0) is 13.0. The summed E-state index contributed by atoms with van der Waals surface area (Å²) in [6.45, 7) is 14.5. The summed E-state index contributed by atoms with van der Waals surface area (Å²) in [5, 5.41) is 3.67. The van der Waals surface area contributed by atoms with Crippen molar-refractivity contribution >= 4 is 0 Å². The van der Waals surface area contributed by atoms with Crippen molar-refractivity contribution in [2.24, 2.45) is 5.92 Å². The molecule has 0 fully saturated rings. The van der Waals surface area contributed by atoms with E-state index in [0.717, 1.165) is 6.54 Å². The molecule has 1 unspecified atom stereocenters. The van der Waals surface area contributed by atoms with Crippen LogP contribution in [0.4, 0.5) is 0 Å². The van der Waals surface area contributed by atoms with Crippen LogP contribution in [-0.2, 0) is 0 Å². The van der Waals surface area contributed by atoms with Crippen molar-refractivity contribution in [2.45, 2.75) is 54.0 Å². The van der Waals surface area contributed by atoms with Gasteiger partial charge in [0.15, 0.2) is 0 Å². The van der Waals surface area contributed by atoms with Crippen LogP contribution in [0.2, 0.25) is 0 Å². The normalized spacial score (nSPS) is 13.1. The molecule has 1 aromatic rings. The van der Waals surface area contributed by atoms with Gasteiger partial charge in [-0.2, -0.15) is 0 Å². The van der Waals surface area contributed by atoms with E-state index in [-0.39, 0.29) is 0 Å². The van der Waals surface area contributed by atoms with Crippen LogP contribution in [0.5, 0.6) is 0 Å². The lowest BCUT2D eigenvalue weighted by molar-refractivity contribution is 0.411. The molecule has 0 aliphatic rings. The molecule has 96 valence electrons. The van der Waals surface area contributed by atoms with Crippen LogP contribution in [0.25, 0.3) is 0 Å². The van der Waals surface area contributed by atoms with Crippen LogP contribution in [-0.4, -0.2) is 6.54 Å². The highest BCUT2D eigenvalue weighted by Gasteiger charge is 2.17. The summed E-state index contributed by atoms with van der Waals surface area (Å²) in [7, 11) is 0. The monoisotopic (exact) mass is 233 g/mol. The Morgan fingerprint density at radius 2 is 1.59 bits per heavy atom. The van der Waals surface area contributed by atoms with Crippen LogP contribution >= 0.6 is 0 Å². The molecule has 0 radical (unpaired) electrons. The fourth-order valence-electron chi connectivity index (χ4n) is 2.32. The van der Waals surface area contributed by atoms with Crippen molar-refractivity contribution in [3.63, 3.8) is 0 Å². The van der Waals surface area contributed by atoms with Crippen LogP contribution < -0.4 is 5.32 Å². The minimum absolute atomic E-state index is 0.481. The quantitative estimate of drug-likeness (QED) is 0.799. The Balaban J connectivity index is 3.05. The van der Waals surface area contributed by atoms with Crippen molar-refractivity contribution in [3.8, 4) is 0 Å². The van der Waals surface area contributed by atoms with E-state index in [1.165, 1.54) is 28.7 Å². The summed E-state index contributed by atoms with van der Waals surface area (Å²) in [6.07, 6.45) is 1.19. The molecule has 0 bridgehead atoms. The molecule has 0 saturated heterocycles. The molecule has 1 aromatic carbocycles. The Morgan fingerprint density at radius 1 is 1.00 bits per heavy atom. The topological polar surface area (TPSA) is 12.0 Å². The average Bonchev–Trinajstić information content (AvgIpc) is 2.25. The van der Waals surface area contributed by atoms with Gasteiger partial charge in [-0.25, -0.2) is 0 Å². The standard InChI is InChI=1S/C16H27N/c1-7-8-17-16(11(2)3)15-10-13(5)12(4)9-14(15)6/h9-11,16-17H,7-8H2,1-6H3. The van der Waals surface area contributed by atoms with Crippen molar-refractivity contribution in [3.05, 3.63) is 34.4 Å². The van der Waals surface area contributed by atoms with Crippen LogP contribution in [0, 0.1) is 26.7 Å². The second kappa shape index (κ2) is 6.20. The van der Waals surface area contributed by atoms with Gasteiger partial charge >= 0.3 is 0 Å². The molecule has 0 heterocycles. The van der Waals surface area contributed by atoms with Crippen molar-refractivity contribution in [1.82, 2.24) is 5.32 Å². The molecule has 1 atom stereocenters. The molecule has 0 spiro atoms. The highest BCUT2D eigenvalue weighted by atomic mass is 14.9. The summed E-state index contributed by atoms with van der Waals surface area (Å²) < 4.78 is 0. The summed E-state index contributed by atoms with van der Waals surface area (Å²) >= 11 is 0. The molecule has 1 nitrogen and oxygen atoms in total. The van der Waals surface area contributed by atoms with Gasteiger partial charge < -0.3 is 5.32 Å². The zero-order valence-electron chi connectivity index (χ0n) is 12.2. The zero-order valence-corrected chi connectivity index (χ0v) is 12.2. The van der Waals surface area contributed by atoms with E-state index in [1.54, 1.807) is 0 Å². The highest BCUT2D eigenvalue weighted by molar-refractivity contribution is 5.38. The first-order valence-corrected chi connectivity index (χ1v) is 6.78. The van der Waals surface area contributed by atoms with Gasteiger partial charge in [-0.15, -0.1) is 0 Å². The van der Waals surface area contributed by atoms with E-state index in [2.05, 4.69) is 59.0 Å².